The van der Waals surface area contributed by atoms with Crippen LogP contribution in [-0.2, 0) is 0 Å². The van der Waals surface area contributed by atoms with Crippen LogP contribution in [0.4, 0.5) is 0 Å². The van der Waals surface area contributed by atoms with Crippen molar-refractivity contribution in [2.45, 2.75) is 45.2 Å². The summed E-state index contributed by atoms with van der Waals surface area (Å²) in [7, 11) is 0. The molecule has 0 saturated carbocycles. The maximum atomic E-state index is 3.85. The molecule has 14 heavy (non-hydrogen) atoms. The highest BCUT2D eigenvalue weighted by Gasteiger charge is 2.20. The van der Waals surface area contributed by atoms with Crippen molar-refractivity contribution in [1.29, 1.82) is 0 Å². The summed E-state index contributed by atoms with van der Waals surface area (Å²) in [6.45, 7) is 11.9. The van der Waals surface area contributed by atoms with Crippen molar-refractivity contribution in [3.63, 3.8) is 0 Å². The number of nitrogens with zero attached hydrogens (tertiary/aromatic N) is 1. The first-order chi connectivity index (χ1) is 6.77. The first-order valence-electron chi connectivity index (χ1n) is 5.88. The Labute approximate surface area is 88.4 Å². The van der Waals surface area contributed by atoms with Crippen molar-refractivity contribution in [2.75, 3.05) is 19.6 Å². The number of piperidine rings is 1. The summed E-state index contributed by atoms with van der Waals surface area (Å²) >= 11 is 0. The third-order valence-corrected chi connectivity index (χ3v) is 3.13. The third kappa shape index (κ3) is 3.43. The van der Waals surface area contributed by atoms with Gasteiger partial charge in [0.05, 0.1) is 0 Å². The van der Waals surface area contributed by atoms with Crippen molar-refractivity contribution in [3.8, 4) is 0 Å². The van der Waals surface area contributed by atoms with E-state index in [-0.39, 0.29) is 0 Å². The second-order valence-corrected chi connectivity index (χ2v) is 4.24. The van der Waals surface area contributed by atoms with E-state index < -0.39 is 0 Å². The first-order valence-corrected chi connectivity index (χ1v) is 5.88. The summed E-state index contributed by atoms with van der Waals surface area (Å²) in [6.07, 6.45) is 5.86. The van der Waals surface area contributed by atoms with E-state index in [1.54, 1.807) is 0 Å². The van der Waals surface area contributed by atoms with Crippen LogP contribution < -0.4 is 5.32 Å². The van der Waals surface area contributed by atoms with Gasteiger partial charge in [-0.05, 0) is 32.7 Å². The molecular formula is C12H24N2. The maximum absolute atomic E-state index is 3.85. The molecule has 1 rings (SSSR count). The molecule has 1 aliphatic rings. The van der Waals surface area contributed by atoms with Gasteiger partial charge < -0.3 is 5.32 Å². The minimum absolute atomic E-state index is 0.544. The second-order valence-electron chi connectivity index (χ2n) is 4.24. The quantitative estimate of drug-likeness (QED) is 0.677. The average molecular weight is 196 g/mol. The molecule has 0 amide bonds. The molecule has 0 bridgehead atoms. The standard InChI is InChI=1S/C12H24N2/c1-4-8-13-12-6-9-14(10-7-12)11(3)5-2/h5,11-13H,2,4,6-10H2,1,3H3. The van der Waals surface area contributed by atoms with E-state index in [1.807, 2.05) is 6.08 Å². The Morgan fingerprint density at radius 2 is 2.14 bits per heavy atom. The van der Waals surface area contributed by atoms with Crippen molar-refractivity contribution in [2.24, 2.45) is 0 Å². The number of rotatable bonds is 5. The monoisotopic (exact) mass is 196 g/mol. The minimum atomic E-state index is 0.544. The van der Waals surface area contributed by atoms with E-state index in [4.69, 9.17) is 0 Å². The second kappa shape index (κ2) is 6.20. The molecule has 0 spiro atoms. The van der Waals surface area contributed by atoms with Crippen LogP contribution >= 0.6 is 0 Å². The molecule has 1 unspecified atom stereocenters. The van der Waals surface area contributed by atoms with Crippen LogP contribution in [0.2, 0.25) is 0 Å². The molecule has 0 aromatic heterocycles. The number of hydrogen-bond acceptors (Lipinski definition) is 2. The van der Waals surface area contributed by atoms with Crippen LogP contribution in [-0.4, -0.2) is 36.6 Å². The highest BCUT2D eigenvalue weighted by Crippen LogP contribution is 2.13. The van der Waals surface area contributed by atoms with Crippen LogP contribution in [0.25, 0.3) is 0 Å². The summed E-state index contributed by atoms with van der Waals surface area (Å²) in [6, 6.07) is 1.30. The summed E-state index contributed by atoms with van der Waals surface area (Å²) in [5, 5.41) is 3.60. The Balaban J connectivity index is 2.20. The largest absolute Gasteiger partial charge is 0.314 e. The molecule has 2 nitrogen and oxygen atoms in total. The van der Waals surface area contributed by atoms with Crippen LogP contribution in [0.3, 0.4) is 0 Å². The molecule has 2 heteroatoms. The molecule has 0 aromatic rings. The lowest BCUT2D eigenvalue weighted by atomic mass is 10.0. The lowest BCUT2D eigenvalue weighted by molar-refractivity contribution is 0.175. The van der Waals surface area contributed by atoms with Crippen molar-refractivity contribution >= 4 is 0 Å². The highest BCUT2D eigenvalue weighted by atomic mass is 15.2. The van der Waals surface area contributed by atoms with Gasteiger partial charge in [-0.15, -0.1) is 6.58 Å². The highest BCUT2D eigenvalue weighted by molar-refractivity contribution is 4.88. The topological polar surface area (TPSA) is 15.3 Å². The van der Waals surface area contributed by atoms with Gasteiger partial charge in [0, 0.05) is 25.2 Å². The van der Waals surface area contributed by atoms with Gasteiger partial charge in [0.1, 0.15) is 0 Å². The van der Waals surface area contributed by atoms with Gasteiger partial charge in [0.15, 0.2) is 0 Å². The lowest BCUT2D eigenvalue weighted by Crippen LogP contribution is -2.45. The summed E-state index contributed by atoms with van der Waals surface area (Å²) in [5.41, 5.74) is 0. The molecule has 1 N–H and O–H groups in total. The number of hydrogen-bond donors (Lipinski definition) is 1. The van der Waals surface area contributed by atoms with Gasteiger partial charge in [0.25, 0.3) is 0 Å². The minimum Gasteiger partial charge on any atom is -0.314 e. The van der Waals surface area contributed by atoms with E-state index in [0.29, 0.717) is 6.04 Å². The average Bonchev–Trinajstić information content (AvgIpc) is 2.26. The summed E-state index contributed by atoms with van der Waals surface area (Å²) < 4.78 is 0. The van der Waals surface area contributed by atoms with Gasteiger partial charge in [-0.2, -0.15) is 0 Å². The zero-order valence-corrected chi connectivity index (χ0v) is 9.63. The molecule has 0 aliphatic carbocycles. The van der Waals surface area contributed by atoms with E-state index in [1.165, 1.54) is 38.9 Å². The zero-order valence-electron chi connectivity index (χ0n) is 9.63. The molecule has 1 heterocycles. The first kappa shape index (κ1) is 11.7. The Morgan fingerprint density at radius 3 is 2.64 bits per heavy atom. The molecule has 1 atom stereocenters. The molecule has 0 radical (unpaired) electrons. The number of nitrogens with one attached hydrogen (secondary N) is 1. The van der Waals surface area contributed by atoms with Gasteiger partial charge >= 0.3 is 0 Å². The summed E-state index contributed by atoms with van der Waals surface area (Å²) in [5.74, 6) is 0. The molecule has 1 aliphatic heterocycles. The molecule has 0 aromatic carbocycles. The fourth-order valence-corrected chi connectivity index (χ4v) is 2.01. The van der Waals surface area contributed by atoms with Gasteiger partial charge in [-0.1, -0.05) is 13.0 Å². The number of likely N-dealkylation sites (tertiary alicyclic amines) is 1. The van der Waals surface area contributed by atoms with E-state index in [0.717, 1.165) is 6.04 Å². The van der Waals surface area contributed by atoms with Crippen LogP contribution in [0.15, 0.2) is 12.7 Å². The van der Waals surface area contributed by atoms with Crippen LogP contribution in [0.5, 0.6) is 0 Å². The Bertz CT molecular complexity index is 160. The van der Waals surface area contributed by atoms with Gasteiger partial charge in [-0.25, -0.2) is 0 Å². The van der Waals surface area contributed by atoms with Crippen molar-refractivity contribution in [3.05, 3.63) is 12.7 Å². The molecule has 82 valence electrons. The van der Waals surface area contributed by atoms with Crippen molar-refractivity contribution < 1.29 is 0 Å². The molecule has 1 fully saturated rings. The Morgan fingerprint density at radius 1 is 1.50 bits per heavy atom. The fourth-order valence-electron chi connectivity index (χ4n) is 2.01. The predicted molar refractivity (Wildman–Crippen MR) is 62.5 cm³/mol. The zero-order chi connectivity index (χ0) is 10.4. The van der Waals surface area contributed by atoms with E-state index in [2.05, 4.69) is 30.6 Å². The molecule has 1 saturated heterocycles. The van der Waals surface area contributed by atoms with E-state index >= 15 is 0 Å². The van der Waals surface area contributed by atoms with E-state index in [9.17, 15) is 0 Å². The van der Waals surface area contributed by atoms with Crippen LogP contribution in [0.1, 0.15) is 33.1 Å². The summed E-state index contributed by atoms with van der Waals surface area (Å²) in [4.78, 5) is 2.51. The Hall–Kier alpha value is -0.340. The SMILES string of the molecule is C=CC(C)N1CCC(NCCC)CC1. The Kier molecular flexibility index (Phi) is 5.20. The maximum Gasteiger partial charge on any atom is 0.0247 e. The van der Waals surface area contributed by atoms with Gasteiger partial charge in [-0.3, -0.25) is 4.90 Å². The smallest absolute Gasteiger partial charge is 0.0247 e. The van der Waals surface area contributed by atoms with Gasteiger partial charge in [0.2, 0.25) is 0 Å². The van der Waals surface area contributed by atoms with Crippen molar-refractivity contribution in [1.82, 2.24) is 10.2 Å². The predicted octanol–water partition coefficient (Wildman–Crippen LogP) is 2.02. The fraction of sp³-hybridized carbons (Fsp3) is 0.833. The molecular weight excluding hydrogens is 172 g/mol. The normalized spacial score (nSPS) is 22.1. The van der Waals surface area contributed by atoms with Crippen LogP contribution in [0, 0.1) is 0 Å². The lowest BCUT2D eigenvalue weighted by Gasteiger charge is -2.35. The third-order valence-electron chi connectivity index (χ3n) is 3.13.